The van der Waals surface area contributed by atoms with Crippen molar-refractivity contribution in [2.45, 2.75) is 6.92 Å². The van der Waals surface area contributed by atoms with E-state index in [0.717, 1.165) is 5.75 Å². The van der Waals surface area contributed by atoms with Crippen molar-refractivity contribution in [3.05, 3.63) is 54.1 Å². The van der Waals surface area contributed by atoms with Gasteiger partial charge in [-0.05, 0) is 43.3 Å². The van der Waals surface area contributed by atoms with E-state index in [1.165, 1.54) is 0 Å². The van der Waals surface area contributed by atoms with Crippen molar-refractivity contribution in [3.8, 4) is 23.3 Å². The van der Waals surface area contributed by atoms with Gasteiger partial charge in [-0.15, -0.1) is 0 Å². The molecule has 2 rings (SSSR count). The van der Waals surface area contributed by atoms with Gasteiger partial charge in [0.15, 0.2) is 0 Å². The van der Waals surface area contributed by atoms with Crippen LogP contribution in [0.5, 0.6) is 11.5 Å². The Morgan fingerprint density at radius 3 is 2.48 bits per heavy atom. The van der Waals surface area contributed by atoms with Crippen LogP contribution < -0.4 is 25.8 Å². The minimum Gasteiger partial charge on any atom is -0.494 e. The van der Waals surface area contributed by atoms with Gasteiger partial charge >= 0.3 is 6.03 Å². The fourth-order valence-electron chi connectivity index (χ4n) is 2.12. The van der Waals surface area contributed by atoms with Gasteiger partial charge in [-0.1, -0.05) is 24.0 Å². The van der Waals surface area contributed by atoms with E-state index in [9.17, 15) is 9.59 Å². The van der Waals surface area contributed by atoms with Crippen molar-refractivity contribution in [1.29, 1.82) is 0 Å². The quantitative estimate of drug-likeness (QED) is 0.654. The van der Waals surface area contributed by atoms with Crippen molar-refractivity contribution in [1.82, 2.24) is 5.32 Å². The molecule has 0 saturated carbocycles. The molecule has 0 saturated heterocycles. The summed E-state index contributed by atoms with van der Waals surface area (Å²) in [6.45, 7) is 2.72. The molecule has 7 heteroatoms. The standard InChI is InChI=1S/C20H21N3O4/c1-2-26-16-11-9-15(10-12-16)23-20(25)22-13-5-6-14-27-18-8-4-3-7-17(18)19(21)24/h3-4,7-12H,2,13-14H2,1H3,(H2,21,24)(H2,22,23,25). The molecule has 0 atom stereocenters. The molecule has 3 amide bonds. The molecule has 7 nitrogen and oxygen atoms in total. The molecule has 2 aromatic carbocycles. The SMILES string of the molecule is CCOc1ccc(NC(=O)NCC#CCOc2ccccc2C(N)=O)cc1. The average Bonchev–Trinajstić information content (AvgIpc) is 2.66. The van der Waals surface area contributed by atoms with Crippen LogP contribution >= 0.6 is 0 Å². The van der Waals surface area contributed by atoms with Gasteiger partial charge in [-0.2, -0.15) is 0 Å². The van der Waals surface area contributed by atoms with Crippen LogP contribution in [0.15, 0.2) is 48.5 Å². The lowest BCUT2D eigenvalue weighted by Crippen LogP contribution is -2.28. The van der Waals surface area contributed by atoms with Crippen molar-refractivity contribution in [3.63, 3.8) is 0 Å². The van der Waals surface area contributed by atoms with Gasteiger partial charge in [0.2, 0.25) is 0 Å². The van der Waals surface area contributed by atoms with Crippen LogP contribution in [-0.2, 0) is 0 Å². The van der Waals surface area contributed by atoms with Gasteiger partial charge in [0, 0.05) is 5.69 Å². The second kappa shape index (κ2) is 10.4. The van der Waals surface area contributed by atoms with Gasteiger partial charge in [-0.3, -0.25) is 4.79 Å². The minimum atomic E-state index is -0.564. The predicted octanol–water partition coefficient (Wildman–Crippen LogP) is 2.39. The molecule has 0 fully saturated rings. The molecule has 0 radical (unpaired) electrons. The third-order valence-corrected chi connectivity index (χ3v) is 3.34. The van der Waals surface area contributed by atoms with Crippen LogP contribution in [0.3, 0.4) is 0 Å². The summed E-state index contributed by atoms with van der Waals surface area (Å²) in [5, 5.41) is 5.31. The van der Waals surface area contributed by atoms with E-state index in [0.29, 0.717) is 23.6 Å². The highest BCUT2D eigenvalue weighted by Gasteiger charge is 2.07. The highest BCUT2D eigenvalue weighted by atomic mass is 16.5. The van der Waals surface area contributed by atoms with Crippen molar-refractivity contribution in [2.24, 2.45) is 5.73 Å². The maximum atomic E-state index is 11.8. The van der Waals surface area contributed by atoms with Crippen LogP contribution in [0.4, 0.5) is 10.5 Å². The summed E-state index contributed by atoms with van der Waals surface area (Å²) in [5.41, 5.74) is 6.22. The van der Waals surface area contributed by atoms with Crippen LogP contribution in [0.25, 0.3) is 0 Å². The number of rotatable bonds is 7. The number of nitrogens with two attached hydrogens (primary N) is 1. The molecule has 2 aromatic rings. The van der Waals surface area contributed by atoms with Crippen LogP contribution in [0.1, 0.15) is 17.3 Å². The third-order valence-electron chi connectivity index (χ3n) is 3.34. The first kappa shape index (κ1) is 19.7. The number of amides is 3. The molecule has 27 heavy (non-hydrogen) atoms. The summed E-state index contributed by atoms with van der Waals surface area (Å²) in [6, 6.07) is 13.4. The Kier molecular flexibility index (Phi) is 7.54. The van der Waals surface area contributed by atoms with Crippen molar-refractivity contribution in [2.75, 3.05) is 25.1 Å². The molecule has 0 aliphatic rings. The topological polar surface area (TPSA) is 103 Å². The Bertz CT molecular complexity index is 838. The lowest BCUT2D eigenvalue weighted by molar-refractivity contribution is 0.0997. The van der Waals surface area contributed by atoms with E-state index in [1.54, 1.807) is 48.5 Å². The van der Waals surface area contributed by atoms with Gasteiger partial charge < -0.3 is 25.8 Å². The predicted molar refractivity (Wildman–Crippen MR) is 103 cm³/mol. The van der Waals surface area contributed by atoms with E-state index in [2.05, 4.69) is 22.5 Å². The summed E-state index contributed by atoms with van der Waals surface area (Å²) in [4.78, 5) is 23.1. The molecule has 0 aliphatic carbocycles. The monoisotopic (exact) mass is 367 g/mol. The molecule has 0 unspecified atom stereocenters. The zero-order chi connectivity index (χ0) is 19.5. The summed E-state index contributed by atoms with van der Waals surface area (Å²) in [7, 11) is 0. The zero-order valence-electron chi connectivity index (χ0n) is 15.0. The maximum Gasteiger partial charge on any atom is 0.319 e. The second-order valence-corrected chi connectivity index (χ2v) is 5.27. The molecule has 0 heterocycles. The maximum absolute atomic E-state index is 11.8. The summed E-state index contributed by atoms with van der Waals surface area (Å²) in [6.07, 6.45) is 0. The molecule has 0 spiro atoms. The third kappa shape index (κ3) is 6.63. The molecule has 140 valence electrons. The average molecular weight is 367 g/mol. The largest absolute Gasteiger partial charge is 0.494 e. The lowest BCUT2D eigenvalue weighted by Gasteiger charge is -2.07. The van der Waals surface area contributed by atoms with E-state index in [1.807, 2.05) is 6.92 Å². The first-order valence-corrected chi connectivity index (χ1v) is 8.35. The second-order valence-electron chi connectivity index (χ2n) is 5.27. The van der Waals surface area contributed by atoms with Crippen molar-refractivity contribution >= 4 is 17.6 Å². The Labute approximate surface area is 157 Å². The van der Waals surface area contributed by atoms with E-state index < -0.39 is 5.91 Å². The highest BCUT2D eigenvalue weighted by Crippen LogP contribution is 2.17. The minimum absolute atomic E-state index is 0.0759. The van der Waals surface area contributed by atoms with Crippen LogP contribution in [0.2, 0.25) is 0 Å². The Hall–Kier alpha value is -3.66. The Balaban J connectivity index is 1.72. The Morgan fingerprint density at radius 2 is 1.78 bits per heavy atom. The smallest absolute Gasteiger partial charge is 0.319 e. The van der Waals surface area contributed by atoms with Crippen LogP contribution in [0, 0.1) is 11.8 Å². The summed E-state index contributed by atoms with van der Waals surface area (Å²) in [5.74, 6) is 6.08. The molecule has 0 bridgehead atoms. The molecular formula is C20H21N3O4. The number of hydrogen-bond acceptors (Lipinski definition) is 4. The first-order valence-electron chi connectivity index (χ1n) is 8.35. The number of benzene rings is 2. The molecule has 4 N–H and O–H groups in total. The number of nitrogens with one attached hydrogen (secondary N) is 2. The summed E-state index contributed by atoms with van der Waals surface area (Å²) < 4.78 is 10.8. The molecular weight excluding hydrogens is 346 g/mol. The number of urea groups is 1. The van der Waals surface area contributed by atoms with Gasteiger partial charge in [0.05, 0.1) is 18.7 Å². The van der Waals surface area contributed by atoms with Crippen molar-refractivity contribution < 1.29 is 19.1 Å². The molecule has 0 aliphatic heterocycles. The number of para-hydroxylation sites is 1. The van der Waals surface area contributed by atoms with Gasteiger partial charge in [-0.25, -0.2) is 4.79 Å². The van der Waals surface area contributed by atoms with E-state index in [4.69, 9.17) is 15.2 Å². The number of primary amides is 1. The number of ether oxygens (including phenoxy) is 2. The first-order chi connectivity index (χ1) is 13.1. The highest BCUT2D eigenvalue weighted by molar-refractivity contribution is 5.95. The number of carbonyl (C=O) groups is 2. The normalized spacial score (nSPS) is 9.52. The zero-order valence-corrected chi connectivity index (χ0v) is 15.0. The fourth-order valence-corrected chi connectivity index (χ4v) is 2.12. The lowest BCUT2D eigenvalue weighted by atomic mass is 10.2. The number of anilines is 1. The fraction of sp³-hybridized carbons (Fsp3) is 0.200. The van der Waals surface area contributed by atoms with E-state index in [-0.39, 0.29) is 19.2 Å². The summed E-state index contributed by atoms with van der Waals surface area (Å²) >= 11 is 0. The van der Waals surface area contributed by atoms with Gasteiger partial charge in [0.1, 0.15) is 18.1 Å². The van der Waals surface area contributed by atoms with E-state index >= 15 is 0 Å². The molecule has 0 aromatic heterocycles. The van der Waals surface area contributed by atoms with Crippen LogP contribution in [-0.4, -0.2) is 31.7 Å². The van der Waals surface area contributed by atoms with Gasteiger partial charge in [0.25, 0.3) is 5.91 Å². The Morgan fingerprint density at radius 1 is 1.04 bits per heavy atom. The number of carbonyl (C=O) groups excluding carboxylic acids is 2. The number of hydrogen-bond donors (Lipinski definition) is 3.